The molecule has 2 N–H and O–H groups in total. The lowest BCUT2D eigenvalue weighted by Crippen LogP contribution is -2.33. The summed E-state index contributed by atoms with van der Waals surface area (Å²) in [5, 5.41) is 6.40. The lowest BCUT2D eigenvalue weighted by Gasteiger charge is -2.22. The van der Waals surface area contributed by atoms with E-state index in [-0.39, 0.29) is 24.2 Å². The summed E-state index contributed by atoms with van der Waals surface area (Å²) in [4.78, 5) is 27.8. The minimum absolute atomic E-state index is 0. The maximum atomic E-state index is 13.2. The monoisotopic (exact) mass is 413 g/mol. The molecule has 2 saturated heterocycles. The molecule has 0 aliphatic carbocycles. The van der Waals surface area contributed by atoms with E-state index in [4.69, 9.17) is 0 Å². The lowest BCUT2D eigenvalue weighted by atomic mass is 9.92. The van der Waals surface area contributed by atoms with Crippen LogP contribution in [-0.2, 0) is 0 Å². The number of amides is 2. The Kier molecular flexibility index (Phi) is 6.93. The summed E-state index contributed by atoms with van der Waals surface area (Å²) < 4.78 is 0. The van der Waals surface area contributed by atoms with Gasteiger partial charge in [-0.2, -0.15) is 0 Å². The molecule has 0 spiro atoms. The highest BCUT2D eigenvalue weighted by atomic mass is 35.5. The van der Waals surface area contributed by atoms with Gasteiger partial charge in [0.05, 0.1) is 11.3 Å². The third kappa shape index (κ3) is 4.80. The summed E-state index contributed by atoms with van der Waals surface area (Å²) in [7, 11) is 0. The van der Waals surface area contributed by atoms with Crippen LogP contribution in [0.4, 0.5) is 5.69 Å². The van der Waals surface area contributed by atoms with Crippen molar-refractivity contribution in [2.24, 2.45) is 11.8 Å². The second-order valence-electron chi connectivity index (χ2n) is 7.92. The predicted octanol–water partition coefficient (Wildman–Crippen LogP) is 3.74. The van der Waals surface area contributed by atoms with Gasteiger partial charge in [-0.25, -0.2) is 0 Å². The van der Waals surface area contributed by atoms with E-state index in [1.165, 1.54) is 0 Å². The molecule has 2 atom stereocenters. The first-order valence-electron chi connectivity index (χ1n) is 10.1. The van der Waals surface area contributed by atoms with Crippen molar-refractivity contribution in [2.45, 2.75) is 19.8 Å². The Balaban J connectivity index is 0.00000240. The minimum atomic E-state index is -0.194. The van der Waals surface area contributed by atoms with Crippen LogP contribution in [0.1, 0.15) is 39.1 Å². The van der Waals surface area contributed by atoms with Gasteiger partial charge in [-0.1, -0.05) is 29.8 Å². The Morgan fingerprint density at radius 1 is 1.00 bits per heavy atom. The van der Waals surface area contributed by atoms with Crippen LogP contribution in [0, 0.1) is 18.8 Å². The number of likely N-dealkylation sites (tertiary alicyclic amines) is 1. The number of para-hydroxylation sites is 1. The third-order valence-electron chi connectivity index (χ3n) is 5.99. The number of anilines is 1. The highest BCUT2D eigenvalue weighted by Crippen LogP contribution is 2.28. The average Bonchev–Trinajstić information content (AvgIpc) is 3.06. The number of halogens is 1. The maximum absolute atomic E-state index is 13.2. The average molecular weight is 414 g/mol. The number of rotatable bonds is 3. The van der Waals surface area contributed by atoms with Crippen LogP contribution < -0.4 is 10.6 Å². The maximum Gasteiger partial charge on any atom is 0.255 e. The first kappa shape index (κ1) is 21.3. The highest BCUT2D eigenvalue weighted by molar-refractivity contribution is 6.09. The quantitative estimate of drug-likeness (QED) is 0.805. The molecule has 4 rings (SSSR count). The fourth-order valence-electron chi connectivity index (χ4n) is 4.35. The molecule has 2 fully saturated rings. The zero-order valence-electron chi connectivity index (χ0n) is 16.7. The summed E-state index contributed by atoms with van der Waals surface area (Å²) in [5.74, 6) is 1.16. The van der Waals surface area contributed by atoms with Gasteiger partial charge < -0.3 is 15.5 Å². The van der Waals surface area contributed by atoms with Crippen molar-refractivity contribution in [3.05, 3.63) is 65.2 Å². The van der Waals surface area contributed by atoms with Gasteiger partial charge >= 0.3 is 0 Å². The van der Waals surface area contributed by atoms with Crippen LogP contribution in [0.25, 0.3) is 0 Å². The number of nitrogens with one attached hydrogen (secondary N) is 2. The first-order valence-corrected chi connectivity index (χ1v) is 10.1. The fourth-order valence-corrected chi connectivity index (χ4v) is 4.35. The van der Waals surface area contributed by atoms with E-state index < -0.39 is 0 Å². The van der Waals surface area contributed by atoms with Crippen molar-refractivity contribution in [2.75, 3.05) is 31.5 Å². The molecule has 2 heterocycles. The van der Waals surface area contributed by atoms with Crippen LogP contribution in [0.15, 0.2) is 48.5 Å². The predicted molar refractivity (Wildman–Crippen MR) is 118 cm³/mol. The van der Waals surface area contributed by atoms with Gasteiger partial charge in [0.2, 0.25) is 0 Å². The second-order valence-corrected chi connectivity index (χ2v) is 7.92. The SMILES string of the molecule is Cc1cccc(C(=O)Nc2ccccc2C(=O)N2CC[C@@H]3CNC[C@@H]3CC2)c1.Cl. The Morgan fingerprint density at radius 3 is 2.38 bits per heavy atom. The number of aryl methyl sites for hydroxylation is 1. The van der Waals surface area contributed by atoms with Crippen LogP contribution in [0.3, 0.4) is 0 Å². The van der Waals surface area contributed by atoms with Crippen molar-refractivity contribution in [1.29, 1.82) is 0 Å². The largest absolute Gasteiger partial charge is 0.339 e. The molecule has 154 valence electrons. The molecular formula is C23H28ClN3O2. The van der Waals surface area contributed by atoms with Crippen molar-refractivity contribution in [1.82, 2.24) is 10.2 Å². The van der Waals surface area contributed by atoms with E-state index >= 15 is 0 Å². The smallest absolute Gasteiger partial charge is 0.255 e. The molecule has 5 nitrogen and oxygen atoms in total. The van der Waals surface area contributed by atoms with Gasteiger partial charge in [0.15, 0.2) is 0 Å². The zero-order chi connectivity index (χ0) is 19.5. The summed E-state index contributed by atoms with van der Waals surface area (Å²) in [5.41, 5.74) is 2.76. The highest BCUT2D eigenvalue weighted by Gasteiger charge is 2.32. The molecule has 2 aliphatic heterocycles. The molecule has 0 saturated carbocycles. The molecule has 0 radical (unpaired) electrons. The van der Waals surface area contributed by atoms with Gasteiger partial charge in [0.1, 0.15) is 0 Å². The van der Waals surface area contributed by atoms with Gasteiger partial charge in [-0.05, 0) is 69.0 Å². The van der Waals surface area contributed by atoms with Crippen molar-refractivity contribution >= 4 is 29.9 Å². The molecule has 2 aromatic carbocycles. The third-order valence-corrected chi connectivity index (χ3v) is 5.99. The number of fused-ring (bicyclic) bond motifs is 1. The number of nitrogens with zero attached hydrogens (tertiary/aromatic N) is 1. The minimum Gasteiger partial charge on any atom is -0.339 e. The van der Waals surface area contributed by atoms with E-state index in [0.29, 0.717) is 28.7 Å². The number of hydrogen-bond donors (Lipinski definition) is 2. The lowest BCUT2D eigenvalue weighted by molar-refractivity contribution is 0.0759. The summed E-state index contributed by atoms with van der Waals surface area (Å²) in [6.07, 6.45) is 2.09. The van der Waals surface area contributed by atoms with E-state index in [1.54, 1.807) is 12.1 Å². The summed E-state index contributed by atoms with van der Waals surface area (Å²) in [6.45, 7) is 5.65. The molecule has 6 heteroatoms. The van der Waals surface area contributed by atoms with Crippen molar-refractivity contribution < 1.29 is 9.59 Å². The van der Waals surface area contributed by atoms with Crippen LogP contribution in [-0.4, -0.2) is 42.9 Å². The normalized spacial score (nSPS) is 20.9. The second kappa shape index (κ2) is 9.42. The van der Waals surface area contributed by atoms with Gasteiger partial charge in [-0.15, -0.1) is 12.4 Å². The molecule has 0 bridgehead atoms. The summed E-state index contributed by atoms with van der Waals surface area (Å²) >= 11 is 0. The number of carbonyl (C=O) groups is 2. The molecule has 0 unspecified atom stereocenters. The summed E-state index contributed by atoms with van der Waals surface area (Å²) in [6, 6.07) is 14.8. The standard InChI is InChI=1S/C23H27N3O2.ClH/c1-16-5-4-6-17(13-16)22(27)25-21-8-3-2-7-20(21)23(28)26-11-9-18-14-24-15-19(18)10-12-26;/h2-8,13,18-19,24H,9-12,14-15H2,1H3,(H,25,27);1H/t18-,19+;. The molecule has 2 amide bonds. The van der Waals surface area contributed by atoms with E-state index in [0.717, 1.165) is 44.6 Å². The Labute approximate surface area is 178 Å². The van der Waals surface area contributed by atoms with Gasteiger partial charge in [-0.3, -0.25) is 9.59 Å². The van der Waals surface area contributed by atoms with Crippen molar-refractivity contribution in [3.8, 4) is 0 Å². The van der Waals surface area contributed by atoms with E-state index in [1.807, 2.05) is 48.2 Å². The number of hydrogen-bond acceptors (Lipinski definition) is 3. The molecular weight excluding hydrogens is 386 g/mol. The van der Waals surface area contributed by atoms with Crippen LogP contribution in [0.5, 0.6) is 0 Å². The Morgan fingerprint density at radius 2 is 1.69 bits per heavy atom. The Bertz CT molecular complexity index is 872. The molecule has 29 heavy (non-hydrogen) atoms. The van der Waals surface area contributed by atoms with E-state index in [2.05, 4.69) is 10.6 Å². The molecule has 0 aromatic heterocycles. The van der Waals surface area contributed by atoms with Crippen molar-refractivity contribution in [3.63, 3.8) is 0 Å². The zero-order valence-corrected chi connectivity index (χ0v) is 17.5. The number of carbonyl (C=O) groups excluding carboxylic acids is 2. The van der Waals surface area contributed by atoms with Gasteiger partial charge in [0.25, 0.3) is 11.8 Å². The van der Waals surface area contributed by atoms with E-state index in [9.17, 15) is 9.59 Å². The topological polar surface area (TPSA) is 61.4 Å². The first-order chi connectivity index (χ1) is 13.6. The molecule has 2 aliphatic rings. The number of benzene rings is 2. The van der Waals surface area contributed by atoms with Crippen LogP contribution in [0.2, 0.25) is 0 Å². The van der Waals surface area contributed by atoms with Crippen LogP contribution >= 0.6 is 12.4 Å². The Hall–Kier alpha value is -2.37. The van der Waals surface area contributed by atoms with Gasteiger partial charge in [0, 0.05) is 18.7 Å². The fraction of sp³-hybridized carbons (Fsp3) is 0.391. The molecule has 2 aromatic rings.